The second-order valence-corrected chi connectivity index (χ2v) is 8.04. The number of rotatable bonds is 6. The Labute approximate surface area is 201 Å². The van der Waals surface area contributed by atoms with Gasteiger partial charge in [0.2, 0.25) is 11.2 Å². The summed E-state index contributed by atoms with van der Waals surface area (Å²) in [7, 11) is 2.96. The first-order valence-corrected chi connectivity index (χ1v) is 11.0. The molecule has 2 heterocycles. The van der Waals surface area contributed by atoms with E-state index >= 15 is 0 Å². The highest BCUT2D eigenvalue weighted by atomic mass is 16.5. The molecule has 3 aromatic carbocycles. The largest absolute Gasteiger partial charge is 0.496 e. The first-order valence-electron chi connectivity index (χ1n) is 11.0. The molecule has 8 heteroatoms. The fourth-order valence-electron chi connectivity index (χ4n) is 4.09. The van der Waals surface area contributed by atoms with E-state index < -0.39 is 5.97 Å². The fraction of sp³-hybridized carbons (Fsp3) is 0.185. The zero-order chi connectivity index (χ0) is 24.4. The standard InChI is InChI=1S/C27H23NO7/c1-31-22-6-4-3-5-18(22)13-28-14-21-23(34-16-28)12-11-20-25(29)24(15-33-26(20)21)35-19-9-7-17(8-10-19)27(30)32-2/h3-12,15H,13-14,16H2,1-2H3. The van der Waals surface area contributed by atoms with Gasteiger partial charge in [-0.2, -0.15) is 0 Å². The molecule has 0 saturated carbocycles. The number of esters is 1. The van der Waals surface area contributed by atoms with E-state index in [1.807, 2.05) is 24.3 Å². The second kappa shape index (κ2) is 9.52. The van der Waals surface area contributed by atoms with Crippen LogP contribution in [0.5, 0.6) is 23.0 Å². The van der Waals surface area contributed by atoms with Crippen LogP contribution in [-0.4, -0.2) is 31.8 Å². The van der Waals surface area contributed by atoms with E-state index in [-0.39, 0.29) is 11.2 Å². The molecule has 0 saturated heterocycles. The Morgan fingerprint density at radius 2 is 1.80 bits per heavy atom. The highest BCUT2D eigenvalue weighted by Gasteiger charge is 2.23. The molecule has 4 aromatic rings. The van der Waals surface area contributed by atoms with Crippen LogP contribution in [0.2, 0.25) is 0 Å². The number of carbonyl (C=O) groups excluding carboxylic acids is 1. The molecular formula is C27H23NO7. The highest BCUT2D eigenvalue weighted by Crippen LogP contribution is 2.34. The number of ether oxygens (including phenoxy) is 4. The molecule has 0 radical (unpaired) electrons. The van der Waals surface area contributed by atoms with Crippen LogP contribution in [0.3, 0.4) is 0 Å². The molecule has 35 heavy (non-hydrogen) atoms. The first-order chi connectivity index (χ1) is 17.1. The summed E-state index contributed by atoms with van der Waals surface area (Å²) in [5.74, 6) is 1.49. The second-order valence-electron chi connectivity index (χ2n) is 8.04. The molecule has 0 N–H and O–H groups in total. The van der Waals surface area contributed by atoms with Crippen molar-refractivity contribution >= 4 is 16.9 Å². The summed E-state index contributed by atoms with van der Waals surface area (Å²) in [6.07, 6.45) is 1.30. The Morgan fingerprint density at radius 3 is 2.57 bits per heavy atom. The summed E-state index contributed by atoms with van der Waals surface area (Å²) in [5.41, 5.74) is 2.39. The van der Waals surface area contributed by atoms with Gasteiger partial charge in [-0.15, -0.1) is 0 Å². The Bertz CT molecular complexity index is 1440. The van der Waals surface area contributed by atoms with E-state index in [1.165, 1.54) is 13.4 Å². The van der Waals surface area contributed by atoms with Gasteiger partial charge in [0, 0.05) is 18.7 Å². The molecule has 5 rings (SSSR count). The van der Waals surface area contributed by atoms with Crippen molar-refractivity contribution in [2.24, 2.45) is 0 Å². The molecule has 178 valence electrons. The lowest BCUT2D eigenvalue weighted by Crippen LogP contribution is -2.32. The minimum atomic E-state index is -0.450. The summed E-state index contributed by atoms with van der Waals surface area (Å²) < 4.78 is 27.7. The van der Waals surface area contributed by atoms with Gasteiger partial charge in [0.1, 0.15) is 35.8 Å². The maximum Gasteiger partial charge on any atom is 0.337 e. The molecule has 0 spiro atoms. The first kappa shape index (κ1) is 22.5. The van der Waals surface area contributed by atoms with Crippen LogP contribution in [0.1, 0.15) is 21.5 Å². The fourth-order valence-corrected chi connectivity index (χ4v) is 4.09. The van der Waals surface area contributed by atoms with Crippen molar-refractivity contribution in [1.82, 2.24) is 4.90 Å². The third kappa shape index (κ3) is 4.43. The van der Waals surface area contributed by atoms with Crippen molar-refractivity contribution in [1.29, 1.82) is 0 Å². The van der Waals surface area contributed by atoms with Gasteiger partial charge < -0.3 is 23.4 Å². The highest BCUT2D eigenvalue weighted by molar-refractivity contribution is 5.89. The van der Waals surface area contributed by atoms with Gasteiger partial charge in [-0.25, -0.2) is 4.79 Å². The quantitative estimate of drug-likeness (QED) is 0.372. The lowest BCUT2D eigenvalue weighted by molar-refractivity contribution is 0.0600. The van der Waals surface area contributed by atoms with Gasteiger partial charge in [0.05, 0.1) is 30.7 Å². The molecule has 0 aliphatic carbocycles. The Kier molecular flexibility index (Phi) is 6.12. The minimum Gasteiger partial charge on any atom is -0.496 e. The van der Waals surface area contributed by atoms with Crippen LogP contribution in [0.15, 0.2) is 76.1 Å². The van der Waals surface area contributed by atoms with Crippen molar-refractivity contribution in [3.63, 3.8) is 0 Å². The molecule has 0 fully saturated rings. The topological polar surface area (TPSA) is 87.4 Å². The number of hydrogen-bond acceptors (Lipinski definition) is 8. The van der Waals surface area contributed by atoms with Crippen molar-refractivity contribution in [3.8, 4) is 23.0 Å². The Hall–Kier alpha value is -4.30. The number of nitrogens with zero attached hydrogens (tertiary/aromatic N) is 1. The smallest absolute Gasteiger partial charge is 0.337 e. The van der Waals surface area contributed by atoms with Crippen molar-refractivity contribution in [2.45, 2.75) is 13.1 Å². The molecule has 8 nitrogen and oxygen atoms in total. The summed E-state index contributed by atoms with van der Waals surface area (Å²) in [5, 5.41) is 0.398. The third-order valence-corrected chi connectivity index (χ3v) is 5.84. The van der Waals surface area contributed by atoms with Crippen molar-refractivity contribution < 1.29 is 28.2 Å². The molecular weight excluding hydrogens is 450 g/mol. The van der Waals surface area contributed by atoms with E-state index in [9.17, 15) is 9.59 Å². The molecule has 1 aromatic heterocycles. The Balaban J connectivity index is 1.41. The van der Waals surface area contributed by atoms with Crippen LogP contribution >= 0.6 is 0 Å². The summed E-state index contributed by atoms with van der Waals surface area (Å²) in [6.45, 7) is 1.57. The molecule has 1 aliphatic rings. The van der Waals surface area contributed by atoms with Crippen LogP contribution in [0.25, 0.3) is 11.0 Å². The number of carbonyl (C=O) groups is 1. The summed E-state index contributed by atoms with van der Waals surface area (Å²) >= 11 is 0. The van der Waals surface area contributed by atoms with E-state index in [0.717, 1.165) is 16.9 Å². The van der Waals surface area contributed by atoms with E-state index in [2.05, 4.69) is 4.90 Å². The number of para-hydroxylation sites is 1. The number of benzene rings is 3. The zero-order valence-electron chi connectivity index (χ0n) is 19.3. The van der Waals surface area contributed by atoms with Gasteiger partial charge >= 0.3 is 5.97 Å². The summed E-state index contributed by atoms with van der Waals surface area (Å²) in [4.78, 5) is 26.9. The van der Waals surface area contributed by atoms with Gasteiger partial charge in [-0.3, -0.25) is 9.69 Å². The van der Waals surface area contributed by atoms with E-state index in [0.29, 0.717) is 47.9 Å². The van der Waals surface area contributed by atoms with Crippen LogP contribution in [0, 0.1) is 0 Å². The maximum atomic E-state index is 13.2. The SMILES string of the molecule is COC(=O)c1ccc(Oc2coc3c4c(ccc3c2=O)OCN(Cc2ccccc2OC)C4)cc1. The van der Waals surface area contributed by atoms with Crippen molar-refractivity contribution in [3.05, 3.63) is 93.8 Å². The molecule has 0 atom stereocenters. The average molecular weight is 473 g/mol. The molecule has 0 bridgehead atoms. The van der Waals surface area contributed by atoms with Gasteiger partial charge in [0.15, 0.2) is 0 Å². The lowest BCUT2D eigenvalue weighted by atomic mass is 10.1. The maximum absolute atomic E-state index is 13.2. The number of methoxy groups -OCH3 is 2. The monoisotopic (exact) mass is 473 g/mol. The Morgan fingerprint density at radius 1 is 1.00 bits per heavy atom. The third-order valence-electron chi connectivity index (χ3n) is 5.84. The predicted octanol–water partition coefficient (Wildman–Crippen LogP) is 4.73. The summed E-state index contributed by atoms with van der Waals surface area (Å²) in [6, 6.07) is 17.6. The normalized spacial score (nSPS) is 13.1. The van der Waals surface area contributed by atoms with Crippen LogP contribution < -0.4 is 19.6 Å². The predicted molar refractivity (Wildman–Crippen MR) is 128 cm³/mol. The molecule has 0 unspecified atom stereocenters. The van der Waals surface area contributed by atoms with E-state index in [4.69, 9.17) is 23.4 Å². The van der Waals surface area contributed by atoms with E-state index in [1.54, 1.807) is 43.5 Å². The van der Waals surface area contributed by atoms with Gasteiger partial charge in [-0.05, 0) is 42.5 Å². The number of fused-ring (bicyclic) bond motifs is 3. The molecule has 1 aliphatic heterocycles. The van der Waals surface area contributed by atoms with Crippen molar-refractivity contribution in [2.75, 3.05) is 21.0 Å². The molecule has 0 amide bonds. The number of hydrogen-bond donors (Lipinski definition) is 0. The minimum absolute atomic E-state index is 0.0471. The lowest BCUT2D eigenvalue weighted by Gasteiger charge is -2.29. The van der Waals surface area contributed by atoms with Gasteiger partial charge in [0.25, 0.3) is 0 Å². The average Bonchev–Trinajstić information content (AvgIpc) is 2.90. The van der Waals surface area contributed by atoms with Crippen LogP contribution in [-0.2, 0) is 17.8 Å². The zero-order valence-corrected chi connectivity index (χ0v) is 19.3. The van der Waals surface area contributed by atoms with Gasteiger partial charge in [-0.1, -0.05) is 18.2 Å². The van der Waals surface area contributed by atoms with Crippen LogP contribution in [0.4, 0.5) is 0 Å².